The lowest BCUT2D eigenvalue weighted by Gasteiger charge is -2.13. The van der Waals surface area contributed by atoms with Crippen LogP contribution in [0.4, 0.5) is 30.4 Å². The van der Waals surface area contributed by atoms with E-state index in [1.165, 1.54) is 44.6 Å². The van der Waals surface area contributed by atoms with Crippen LogP contribution in [0.3, 0.4) is 0 Å². The van der Waals surface area contributed by atoms with Crippen molar-refractivity contribution in [2.45, 2.75) is 6.18 Å². The van der Waals surface area contributed by atoms with Gasteiger partial charge in [0.05, 0.1) is 17.4 Å². The molecule has 0 amide bonds. The first-order chi connectivity index (χ1) is 11.1. The lowest BCUT2D eigenvalue weighted by atomic mass is 10.2. The minimum absolute atomic E-state index is 0.221. The van der Waals surface area contributed by atoms with Gasteiger partial charge in [0.1, 0.15) is 5.82 Å². The number of nitrogens with zero attached hydrogens (tertiary/aromatic N) is 2. The highest BCUT2D eigenvalue weighted by Gasteiger charge is 2.30. The molecule has 0 saturated heterocycles. The van der Waals surface area contributed by atoms with Crippen molar-refractivity contribution in [3.63, 3.8) is 0 Å². The monoisotopic (exact) mass is 360 g/mol. The Kier molecular flexibility index (Phi) is 4.99. The van der Waals surface area contributed by atoms with Crippen LogP contribution in [0.15, 0.2) is 42.6 Å². The van der Waals surface area contributed by atoms with E-state index < -0.39 is 21.9 Å². The largest absolute Gasteiger partial charge is 0.416 e. The molecule has 1 aromatic carbocycles. The lowest BCUT2D eigenvalue weighted by molar-refractivity contribution is -0.137. The summed E-state index contributed by atoms with van der Waals surface area (Å²) in [6.07, 6.45) is -3.17. The summed E-state index contributed by atoms with van der Waals surface area (Å²) in [7, 11) is -0.898. The summed E-state index contributed by atoms with van der Waals surface area (Å²) < 4.78 is 64.7. The van der Waals surface area contributed by atoms with Crippen molar-refractivity contribution in [2.75, 3.05) is 24.1 Å². The molecule has 0 saturated carbocycles. The number of rotatable bonds is 5. The highest BCUT2D eigenvalue weighted by atomic mass is 32.2. The number of anilines is 3. The normalized spacial score (nSPS) is 12.2. The lowest BCUT2D eigenvalue weighted by Crippen LogP contribution is -2.28. The summed E-state index contributed by atoms with van der Waals surface area (Å²) in [4.78, 5) is 3.97. The van der Waals surface area contributed by atoms with Gasteiger partial charge in [-0.05, 0) is 30.3 Å². The van der Waals surface area contributed by atoms with E-state index in [1.807, 2.05) is 0 Å². The number of alkyl halides is 3. The third-order valence-electron chi connectivity index (χ3n) is 2.95. The number of hydrogen-bond donors (Lipinski definition) is 2. The Labute approximate surface area is 137 Å². The van der Waals surface area contributed by atoms with E-state index in [0.717, 1.165) is 16.4 Å². The zero-order valence-corrected chi connectivity index (χ0v) is 13.6. The molecule has 24 heavy (non-hydrogen) atoms. The average molecular weight is 360 g/mol. The minimum atomic E-state index is -4.43. The standard InChI is InChI=1S/C14H15F3N4O2S/c1-21(2)24(22,23)20-12-6-7-13(18-9-12)19-11-5-3-4-10(8-11)14(15,16)17/h3-9,20H,1-2H3,(H,18,19). The minimum Gasteiger partial charge on any atom is -0.340 e. The smallest absolute Gasteiger partial charge is 0.340 e. The van der Waals surface area contributed by atoms with Gasteiger partial charge in [-0.1, -0.05) is 6.07 Å². The fraction of sp³-hybridized carbons (Fsp3) is 0.214. The van der Waals surface area contributed by atoms with Gasteiger partial charge < -0.3 is 5.32 Å². The fourth-order valence-corrected chi connectivity index (χ4v) is 2.29. The summed E-state index contributed by atoms with van der Waals surface area (Å²) >= 11 is 0. The van der Waals surface area contributed by atoms with Gasteiger partial charge >= 0.3 is 16.4 Å². The van der Waals surface area contributed by atoms with E-state index in [9.17, 15) is 21.6 Å². The molecular weight excluding hydrogens is 345 g/mol. The van der Waals surface area contributed by atoms with Gasteiger partial charge in [-0.25, -0.2) is 4.98 Å². The van der Waals surface area contributed by atoms with Crippen LogP contribution in [0.25, 0.3) is 0 Å². The van der Waals surface area contributed by atoms with Gasteiger partial charge in [-0.15, -0.1) is 0 Å². The van der Waals surface area contributed by atoms with Crippen LogP contribution in [0, 0.1) is 0 Å². The Balaban J connectivity index is 2.13. The SMILES string of the molecule is CN(C)S(=O)(=O)Nc1ccc(Nc2cccc(C(F)(F)F)c2)nc1. The zero-order valence-electron chi connectivity index (χ0n) is 12.8. The first-order valence-corrected chi connectivity index (χ1v) is 8.12. The first-order valence-electron chi connectivity index (χ1n) is 6.68. The van der Waals surface area contributed by atoms with Crippen LogP contribution in [0.5, 0.6) is 0 Å². The molecule has 0 radical (unpaired) electrons. The van der Waals surface area contributed by atoms with E-state index in [1.54, 1.807) is 0 Å². The van der Waals surface area contributed by atoms with E-state index >= 15 is 0 Å². The molecule has 0 spiro atoms. The summed E-state index contributed by atoms with van der Waals surface area (Å²) in [6, 6.07) is 7.59. The maximum absolute atomic E-state index is 12.7. The van der Waals surface area contributed by atoms with Gasteiger partial charge in [0, 0.05) is 19.8 Å². The average Bonchev–Trinajstić information content (AvgIpc) is 2.48. The molecule has 1 aromatic heterocycles. The number of nitrogens with one attached hydrogen (secondary N) is 2. The predicted molar refractivity (Wildman–Crippen MR) is 85.2 cm³/mol. The van der Waals surface area contributed by atoms with Crippen molar-refractivity contribution in [2.24, 2.45) is 0 Å². The van der Waals surface area contributed by atoms with Crippen molar-refractivity contribution in [3.05, 3.63) is 48.2 Å². The van der Waals surface area contributed by atoms with Gasteiger partial charge in [0.15, 0.2) is 0 Å². The number of halogens is 3. The summed E-state index contributed by atoms with van der Waals surface area (Å²) in [5.41, 5.74) is -0.319. The van der Waals surface area contributed by atoms with E-state index in [4.69, 9.17) is 0 Å². The number of hydrogen-bond acceptors (Lipinski definition) is 4. The van der Waals surface area contributed by atoms with E-state index in [2.05, 4.69) is 15.0 Å². The Morgan fingerprint density at radius 1 is 1.08 bits per heavy atom. The molecule has 2 aromatic rings. The molecule has 1 heterocycles. The van der Waals surface area contributed by atoms with Crippen molar-refractivity contribution in [1.29, 1.82) is 0 Å². The third kappa shape index (κ3) is 4.59. The topological polar surface area (TPSA) is 74.3 Å². The Morgan fingerprint density at radius 2 is 1.79 bits per heavy atom. The van der Waals surface area contributed by atoms with Crippen LogP contribution in [0.1, 0.15) is 5.56 Å². The summed E-state index contributed by atoms with van der Waals surface area (Å²) in [6.45, 7) is 0. The maximum Gasteiger partial charge on any atom is 0.416 e. The Hall–Kier alpha value is -2.33. The highest BCUT2D eigenvalue weighted by molar-refractivity contribution is 7.90. The van der Waals surface area contributed by atoms with Crippen LogP contribution < -0.4 is 10.0 Å². The second-order valence-corrected chi connectivity index (χ2v) is 6.91. The first kappa shape index (κ1) is 18.0. The molecule has 0 aliphatic rings. The molecule has 130 valence electrons. The van der Waals surface area contributed by atoms with Crippen LogP contribution in [-0.2, 0) is 16.4 Å². The van der Waals surface area contributed by atoms with E-state index in [-0.39, 0.29) is 17.2 Å². The number of aromatic nitrogens is 1. The van der Waals surface area contributed by atoms with Gasteiger partial charge in [0.25, 0.3) is 0 Å². The molecule has 0 bridgehead atoms. The van der Waals surface area contributed by atoms with Crippen LogP contribution in [-0.4, -0.2) is 31.8 Å². The second-order valence-electron chi connectivity index (χ2n) is 5.03. The van der Waals surface area contributed by atoms with Crippen molar-refractivity contribution >= 4 is 27.4 Å². The van der Waals surface area contributed by atoms with Gasteiger partial charge in [0.2, 0.25) is 0 Å². The number of benzene rings is 1. The Bertz CT molecular complexity index is 806. The fourth-order valence-electron chi connectivity index (χ4n) is 1.69. The zero-order chi connectivity index (χ0) is 18.0. The van der Waals surface area contributed by atoms with Crippen molar-refractivity contribution in [3.8, 4) is 0 Å². The predicted octanol–water partition coefficient (Wildman–Crippen LogP) is 3.06. The third-order valence-corrected chi connectivity index (χ3v) is 4.41. The highest BCUT2D eigenvalue weighted by Crippen LogP contribution is 2.31. The molecule has 0 aliphatic heterocycles. The van der Waals surface area contributed by atoms with Crippen LogP contribution in [0.2, 0.25) is 0 Å². The quantitative estimate of drug-likeness (QED) is 0.859. The Morgan fingerprint density at radius 3 is 2.33 bits per heavy atom. The molecule has 2 N–H and O–H groups in total. The van der Waals surface area contributed by atoms with Gasteiger partial charge in [-0.3, -0.25) is 4.72 Å². The molecule has 2 rings (SSSR count). The maximum atomic E-state index is 12.7. The molecule has 0 atom stereocenters. The molecule has 0 fully saturated rings. The molecule has 10 heteroatoms. The van der Waals surface area contributed by atoms with E-state index in [0.29, 0.717) is 0 Å². The van der Waals surface area contributed by atoms with Gasteiger partial charge in [-0.2, -0.15) is 25.9 Å². The summed E-state index contributed by atoms with van der Waals surface area (Å²) in [5, 5.41) is 2.73. The van der Waals surface area contributed by atoms with Crippen molar-refractivity contribution < 1.29 is 21.6 Å². The van der Waals surface area contributed by atoms with Crippen molar-refractivity contribution in [1.82, 2.24) is 9.29 Å². The van der Waals surface area contributed by atoms with Crippen LogP contribution >= 0.6 is 0 Å². The second kappa shape index (κ2) is 6.65. The molecular formula is C14H15F3N4O2S. The summed E-state index contributed by atoms with van der Waals surface area (Å²) in [5.74, 6) is 0.280. The molecule has 0 aliphatic carbocycles. The molecule has 0 unspecified atom stereocenters. The molecule has 6 nitrogen and oxygen atoms in total. The number of pyridine rings is 1.